The fourth-order valence-electron chi connectivity index (χ4n) is 3.03. The molecule has 0 spiro atoms. The molecule has 4 aromatic rings. The van der Waals surface area contributed by atoms with Crippen LogP contribution in [0.5, 0.6) is 0 Å². The summed E-state index contributed by atoms with van der Waals surface area (Å²) >= 11 is 0. The molecule has 4 rings (SSSR count). The molecular weight excluding hydrogens is 413 g/mol. The molecule has 0 atom stereocenters. The van der Waals surface area contributed by atoms with E-state index < -0.39 is 32.2 Å². The summed E-state index contributed by atoms with van der Waals surface area (Å²) in [6, 6.07) is 6.46. The minimum atomic E-state index is -4.99. The average molecular weight is 424 g/mol. The van der Waals surface area contributed by atoms with Crippen molar-refractivity contribution in [2.45, 2.75) is 11.1 Å². The van der Waals surface area contributed by atoms with Crippen LogP contribution in [-0.2, 0) is 16.2 Å². The van der Waals surface area contributed by atoms with Gasteiger partial charge in [-0.25, -0.2) is 13.6 Å². The Morgan fingerprint density at radius 2 is 1.83 bits per heavy atom. The minimum absolute atomic E-state index is 0.0888. The summed E-state index contributed by atoms with van der Waals surface area (Å²) in [5, 5.41) is 24.9. The predicted octanol–water partition coefficient (Wildman–Crippen LogP) is 1.66. The molecule has 0 amide bonds. The van der Waals surface area contributed by atoms with Gasteiger partial charge in [-0.3, -0.25) is 5.10 Å². The molecule has 0 bridgehead atoms. The second-order valence-corrected chi connectivity index (χ2v) is 7.51. The van der Waals surface area contributed by atoms with Crippen LogP contribution in [0.1, 0.15) is 5.56 Å². The van der Waals surface area contributed by atoms with Gasteiger partial charge in [-0.1, -0.05) is 12.1 Å². The Labute approximate surface area is 160 Å². The number of halogens is 3. The van der Waals surface area contributed by atoms with Gasteiger partial charge in [-0.2, -0.15) is 23.5 Å². The van der Waals surface area contributed by atoms with E-state index in [-0.39, 0.29) is 17.2 Å². The highest BCUT2D eigenvalue weighted by Crippen LogP contribution is 2.43. The molecule has 0 radical (unpaired) electrons. The van der Waals surface area contributed by atoms with E-state index in [2.05, 4.69) is 30.8 Å². The molecule has 10 nitrogen and oxygen atoms in total. The van der Waals surface area contributed by atoms with E-state index in [0.29, 0.717) is 22.5 Å². The maximum Gasteiger partial charge on any atom is 0.417 e. The molecule has 6 N–H and O–H groups in total. The summed E-state index contributed by atoms with van der Waals surface area (Å²) in [6.07, 6.45) is -4.99. The monoisotopic (exact) mass is 424 g/mol. The molecule has 2 aromatic heterocycles. The Hall–Kier alpha value is -3.52. The van der Waals surface area contributed by atoms with E-state index in [9.17, 15) is 21.6 Å². The predicted molar refractivity (Wildman–Crippen MR) is 95.5 cm³/mol. The van der Waals surface area contributed by atoms with Crippen molar-refractivity contribution in [3.05, 3.63) is 35.9 Å². The van der Waals surface area contributed by atoms with Gasteiger partial charge in [0, 0.05) is 5.39 Å². The number of benzene rings is 2. The van der Waals surface area contributed by atoms with E-state index >= 15 is 0 Å². The van der Waals surface area contributed by atoms with Gasteiger partial charge in [0.25, 0.3) is 0 Å². The summed E-state index contributed by atoms with van der Waals surface area (Å²) in [6.45, 7) is 0. The van der Waals surface area contributed by atoms with Gasteiger partial charge in [0.1, 0.15) is 4.90 Å². The highest BCUT2D eigenvalue weighted by atomic mass is 32.2. The maximum absolute atomic E-state index is 13.5. The van der Waals surface area contributed by atoms with Crippen molar-refractivity contribution in [3.8, 4) is 22.5 Å². The highest BCUT2D eigenvalue weighted by Gasteiger charge is 2.39. The van der Waals surface area contributed by atoms with Gasteiger partial charge in [0.15, 0.2) is 5.82 Å². The van der Waals surface area contributed by atoms with Crippen LogP contribution in [0, 0.1) is 0 Å². The van der Waals surface area contributed by atoms with Gasteiger partial charge in [-0.15, -0.1) is 10.2 Å². The quantitative estimate of drug-likeness (QED) is 0.387. The summed E-state index contributed by atoms with van der Waals surface area (Å²) < 4.78 is 65.0. The normalized spacial score (nSPS) is 12.6. The lowest BCUT2D eigenvalue weighted by atomic mass is 9.95. The van der Waals surface area contributed by atoms with Gasteiger partial charge in [0.2, 0.25) is 15.8 Å². The van der Waals surface area contributed by atoms with Crippen molar-refractivity contribution in [3.63, 3.8) is 0 Å². The van der Waals surface area contributed by atoms with Gasteiger partial charge >= 0.3 is 6.18 Å². The van der Waals surface area contributed by atoms with Crippen molar-refractivity contribution in [1.82, 2.24) is 30.8 Å². The lowest BCUT2D eigenvalue weighted by Crippen LogP contribution is -2.21. The van der Waals surface area contributed by atoms with E-state index in [4.69, 9.17) is 10.9 Å². The number of rotatable bonds is 3. The number of alkyl halides is 3. The van der Waals surface area contributed by atoms with E-state index in [0.717, 1.165) is 6.07 Å². The van der Waals surface area contributed by atoms with E-state index in [1.165, 1.54) is 0 Å². The first kappa shape index (κ1) is 18.8. The summed E-state index contributed by atoms with van der Waals surface area (Å²) in [5.74, 6) is -0.197. The lowest BCUT2D eigenvalue weighted by Gasteiger charge is -2.17. The number of nitrogens with one attached hydrogen (secondary N) is 2. The van der Waals surface area contributed by atoms with Crippen molar-refractivity contribution in [2.75, 3.05) is 5.73 Å². The van der Waals surface area contributed by atoms with Crippen LogP contribution in [0.3, 0.4) is 0 Å². The van der Waals surface area contributed by atoms with Crippen LogP contribution >= 0.6 is 0 Å². The Morgan fingerprint density at radius 1 is 1.07 bits per heavy atom. The number of anilines is 1. The molecule has 0 aliphatic carbocycles. The Morgan fingerprint density at radius 3 is 2.45 bits per heavy atom. The average Bonchev–Trinajstić information content (AvgIpc) is 3.29. The molecule has 2 aromatic carbocycles. The molecule has 150 valence electrons. The molecule has 29 heavy (non-hydrogen) atoms. The number of aromatic nitrogens is 6. The number of aromatic amines is 2. The van der Waals surface area contributed by atoms with Crippen LogP contribution in [0.15, 0.2) is 35.2 Å². The van der Waals surface area contributed by atoms with E-state index in [1.54, 1.807) is 18.2 Å². The standard InChI is InChI=1S/C15H11F3N8O2S/c16-15(17,18)9-3-2-7(6-1-4-10-8(5-6)13(19)22-21-10)11(12(9)29(20,27)28)14-23-25-26-24-14/h1-5H,(H3,19,21,22)(H2,20,27,28)(H,23,24,25,26). The number of nitrogens with two attached hydrogens (primary N) is 2. The van der Waals surface area contributed by atoms with Crippen LogP contribution in [0.25, 0.3) is 33.4 Å². The number of H-pyrrole nitrogens is 2. The lowest BCUT2D eigenvalue weighted by molar-refractivity contribution is -0.139. The Kier molecular flexibility index (Phi) is 4.06. The third kappa shape index (κ3) is 3.17. The number of nitrogen functional groups attached to an aromatic ring is 1. The number of tetrazole rings is 1. The van der Waals surface area contributed by atoms with Crippen molar-refractivity contribution >= 4 is 26.7 Å². The molecule has 2 heterocycles. The third-order valence-electron chi connectivity index (χ3n) is 4.22. The second-order valence-electron chi connectivity index (χ2n) is 6.01. The molecular formula is C15H11F3N8O2S. The van der Waals surface area contributed by atoms with Crippen molar-refractivity contribution in [1.29, 1.82) is 0 Å². The summed E-state index contributed by atoms with van der Waals surface area (Å²) in [7, 11) is -4.83. The number of hydrogen-bond acceptors (Lipinski definition) is 7. The Bertz CT molecular complexity index is 1330. The largest absolute Gasteiger partial charge is 0.417 e. The van der Waals surface area contributed by atoms with E-state index in [1.807, 2.05) is 0 Å². The first-order chi connectivity index (χ1) is 13.6. The molecule has 0 fully saturated rings. The molecule has 0 saturated carbocycles. The summed E-state index contributed by atoms with van der Waals surface area (Å²) in [4.78, 5) is -1.15. The number of nitrogens with zero attached hydrogens (tertiary/aromatic N) is 4. The molecule has 0 aliphatic heterocycles. The molecule has 0 unspecified atom stereocenters. The van der Waals surface area contributed by atoms with Crippen molar-refractivity contribution in [2.24, 2.45) is 5.14 Å². The van der Waals surface area contributed by atoms with Crippen molar-refractivity contribution < 1.29 is 21.6 Å². The fourth-order valence-corrected chi connectivity index (χ4v) is 4.01. The van der Waals surface area contributed by atoms with Gasteiger partial charge < -0.3 is 5.73 Å². The van der Waals surface area contributed by atoms with Gasteiger partial charge in [0.05, 0.1) is 16.6 Å². The first-order valence-electron chi connectivity index (χ1n) is 7.82. The zero-order valence-corrected chi connectivity index (χ0v) is 15.0. The Balaban J connectivity index is 2.13. The van der Waals surface area contributed by atoms with Crippen LogP contribution in [-0.4, -0.2) is 39.2 Å². The van der Waals surface area contributed by atoms with Crippen LogP contribution in [0.2, 0.25) is 0 Å². The second kappa shape index (κ2) is 6.25. The zero-order valence-electron chi connectivity index (χ0n) is 14.2. The highest BCUT2D eigenvalue weighted by molar-refractivity contribution is 7.89. The van der Waals surface area contributed by atoms with Crippen LogP contribution in [0.4, 0.5) is 19.0 Å². The zero-order chi connectivity index (χ0) is 21.0. The fraction of sp³-hybridized carbons (Fsp3) is 0.0667. The number of fused-ring (bicyclic) bond motifs is 1. The molecule has 0 saturated heterocycles. The van der Waals surface area contributed by atoms with Crippen LogP contribution < -0.4 is 10.9 Å². The number of sulfonamides is 1. The summed E-state index contributed by atoms with van der Waals surface area (Å²) in [5.41, 5.74) is 4.95. The number of primary sulfonamides is 1. The van der Waals surface area contributed by atoms with Gasteiger partial charge in [-0.05, 0) is 34.5 Å². The first-order valence-corrected chi connectivity index (χ1v) is 9.37. The third-order valence-corrected chi connectivity index (χ3v) is 5.21. The smallest absolute Gasteiger partial charge is 0.382 e. The SMILES string of the molecule is Nc1n[nH]c2ccc(-c3ccc(C(F)(F)F)c(S(N)(=O)=O)c3-c3nn[nH]n3)cc12. The molecule has 14 heteroatoms. The topological polar surface area (TPSA) is 169 Å². The maximum atomic E-state index is 13.5. The minimum Gasteiger partial charge on any atom is -0.382 e. The molecule has 0 aliphatic rings. The number of hydrogen-bond donors (Lipinski definition) is 4.